The van der Waals surface area contributed by atoms with Crippen molar-refractivity contribution < 1.29 is 18.3 Å². The van der Waals surface area contributed by atoms with Crippen LogP contribution >= 0.6 is 15.9 Å². The fraction of sp³-hybridized carbons (Fsp3) is 0.429. The monoisotopic (exact) mass is 286 g/mol. The van der Waals surface area contributed by atoms with E-state index in [2.05, 4.69) is 25.9 Å². The van der Waals surface area contributed by atoms with Gasteiger partial charge in [0, 0.05) is 6.42 Å². The average molecular weight is 287 g/mol. The van der Waals surface area contributed by atoms with E-state index in [0.717, 1.165) is 0 Å². The molecule has 0 aliphatic rings. The standard InChI is InChI=1S/C7H6BrF3N2O2/c8-4-5(14)12-3(13-6(4)15)1-2-7(9,10)11/h1-2H2,(H2,12,13,14,15). The third-order valence-corrected chi connectivity index (χ3v) is 2.25. The topological polar surface area (TPSA) is 66.0 Å². The summed E-state index contributed by atoms with van der Waals surface area (Å²) >= 11 is 2.73. The molecule has 0 aliphatic heterocycles. The summed E-state index contributed by atoms with van der Waals surface area (Å²) in [6, 6.07) is 0. The third-order valence-electron chi connectivity index (χ3n) is 1.54. The Bertz CT molecular complexity index is 416. The van der Waals surface area contributed by atoms with Crippen molar-refractivity contribution in [1.29, 1.82) is 0 Å². The molecule has 15 heavy (non-hydrogen) atoms. The Kier molecular flexibility index (Phi) is 3.38. The quantitative estimate of drug-likeness (QED) is 0.870. The minimum absolute atomic E-state index is 0.196. The minimum Gasteiger partial charge on any atom is -0.492 e. The smallest absolute Gasteiger partial charge is 0.389 e. The zero-order valence-electron chi connectivity index (χ0n) is 7.23. The first-order chi connectivity index (χ1) is 6.79. The van der Waals surface area contributed by atoms with Gasteiger partial charge in [-0.2, -0.15) is 18.2 Å². The summed E-state index contributed by atoms with van der Waals surface area (Å²) in [5.74, 6) is -0.811. The molecule has 2 N–H and O–H groups in total. The molecule has 0 saturated heterocycles. The fourth-order valence-corrected chi connectivity index (χ4v) is 1.06. The molecule has 0 spiro atoms. The summed E-state index contributed by atoms with van der Waals surface area (Å²) in [6.07, 6.45) is -5.89. The summed E-state index contributed by atoms with van der Waals surface area (Å²) in [5, 5.41) is 9.05. The lowest BCUT2D eigenvalue weighted by molar-refractivity contribution is -0.134. The van der Waals surface area contributed by atoms with Crippen LogP contribution in [0.25, 0.3) is 0 Å². The maximum atomic E-state index is 11.8. The maximum Gasteiger partial charge on any atom is 0.389 e. The highest BCUT2D eigenvalue weighted by Crippen LogP contribution is 2.22. The van der Waals surface area contributed by atoms with E-state index in [1.807, 2.05) is 0 Å². The molecule has 1 rings (SSSR count). The largest absolute Gasteiger partial charge is 0.492 e. The molecule has 4 nitrogen and oxygen atoms in total. The van der Waals surface area contributed by atoms with Crippen LogP contribution in [0.5, 0.6) is 5.88 Å². The van der Waals surface area contributed by atoms with Crippen LogP contribution < -0.4 is 5.56 Å². The lowest BCUT2D eigenvalue weighted by Crippen LogP contribution is -2.15. The van der Waals surface area contributed by atoms with E-state index in [0.29, 0.717) is 0 Å². The Morgan fingerprint density at radius 3 is 2.53 bits per heavy atom. The number of halogens is 4. The van der Waals surface area contributed by atoms with Crippen LogP contribution in [0.3, 0.4) is 0 Å². The Labute approximate surface area is 90.3 Å². The van der Waals surface area contributed by atoms with Gasteiger partial charge < -0.3 is 10.1 Å². The molecule has 0 saturated carbocycles. The van der Waals surface area contributed by atoms with Gasteiger partial charge in [0.1, 0.15) is 10.3 Å². The average Bonchev–Trinajstić information content (AvgIpc) is 2.09. The second-order valence-corrected chi connectivity index (χ2v) is 3.56. The van der Waals surface area contributed by atoms with Crippen molar-refractivity contribution >= 4 is 15.9 Å². The SMILES string of the molecule is O=c1[nH]c(CCC(F)(F)F)nc(O)c1Br. The number of nitrogens with zero attached hydrogens (tertiary/aromatic N) is 1. The number of alkyl halides is 3. The number of H-pyrrole nitrogens is 1. The Balaban J connectivity index is 2.84. The van der Waals surface area contributed by atoms with Crippen LogP contribution in [0, 0.1) is 0 Å². The normalized spacial score (nSPS) is 11.7. The number of hydrogen-bond acceptors (Lipinski definition) is 3. The number of hydrogen-bond donors (Lipinski definition) is 2. The summed E-state index contributed by atoms with van der Waals surface area (Å²) in [7, 11) is 0. The second-order valence-electron chi connectivity index (χ2n) is 2.77. The molecule has 0 bridgehead atoms. The molecule has 1 heterocycles. The zero-order chi connectivity index (χ0) is 11.6. The van der Waals surface area contributed by atoms with E-state index >= 15 is 0 Å². The molecule has 84 valence electrons. The van der Waals surface area contributed by atoms with E-state index < -0.39 is 30.5 Å². The molecule has 0 fully saturated rings. The highest BCUT2D eigenvalue weighted by atomic mass is 79.9. The fourth-order valence-electron chi connectivity index (χ4n) is 0.871. The van der Waals surface area contributed by atoms with E-state index in [4.69, 9.17) is 5.11 Å². The van der Waals surface area contributed by atoms with Crippen molar-refractivity contribution in [3.05, 3.63) is 20.7 Å². The zero-order valence-corrected chi connectivity index (χ0v) is 8.81. The number of aryl methyl sites for hydroxylation is 1. The van der Waals surface area contributed by atoms with Gasteiger partial charge in [0.05, 0.1) is 6.42 Å². The minimum atomic E-state index is -4.32. The molecule has 0 unspecified atom stereocenters. The summed E-state index contributed by atoms with van der Waals surface area (Å²) in [6.45, 7) is 0. The van der Waals surface area contributed by atoms with Crippen molar-refractivity contribution in [3.8, 4) is 5.88 Å². The van der Waals surface area contributed by atoms with E-state index in [1.165, 1.54) is 0 Å². The number of aromatic hydroxyl groups is 1. The molecule has 0 amide bonds. The first-order valence-corrected chi connectivity index (χ1v) is 4.63. The van der Waals surface area contributed by atoms with Gasteiger partial charge in [-0.25, -0.2) is 0 Å². The highest BCUT2D eigenvalue weighted by molar-refractivity contribution is 9.10. The predicted octanol–water partition coefficient (Wildman–Crippen LogP) is 1.73. The van der Waals surface area contributed by atoms with Crippen LogP contribution in [-0.2, 0) is 6.42 Å². The molecule has 1 aromatic rings. The molecule has 0 aromatic carbocycles. The van der Waals surface area contributed by atoms with Gasteiger partial charge in [0.2, 0.25) is 5.88 Å². The molecular formula is C7H6BrF3N2O2. The van der Waals surface area contributed by atoms with Crippen molar-refractivity contribution in [1.82, 2.24) is 9.97 Å². The van der Waals surface area contributed by atoms with Gasteiger partial charge >= 0.3 is 6.18 Å². The Hall–Kier alpha value is -1.05. The first kappa shape index (κ1) is 12.0. The van der Waals surface area contributed by atoms with Crippen molar-refractivity contribution in [2.75, 3.05) is 0 Å². The number of nitrogens with one attached hydrogen (secondary N) is 1. The van der Waals surface area contributed by atoms with Gasteiger partial charge in [-0.15, -0.1) is 0 Å². The van der Waals surface area contributed by atoms with Crippen LogP contribution in [0.2, 0.25) is 0 Å². The van der Waals surface area contributed by atoms with E-state index in [9.17, 15) is 18.0 Å². The summed E-state index contributed by atoms with van der Waals surface area (Å²) < 4.78 is 35.3. The number of rotatable bonds is 2. The molecule has 0 aliphatic carbocycles. The van der Waals surface area contributed by atoms with Crippen molar-refractivity contribution in [3.63, 3.8) is 0 Å². The maximum absolute atomic E-state index is 11.8. The lowest BCUT2D eigenvalue weighted by Gasteiger charge is -2.05. The third kappa shape index (κ3) is 3.54. The van der Waals surface area contributed by atoms with E-state index in [-0.39, 0.29) is 10.3 Å². The van der Waals surface area contributed by atoms with Crippen LogP contribution in [0.15, 0.2) is 9.27 Å². The van der Waals surface area contributed by atoms with Crippen LogP contribution in [0.4, 0.5) is 13.2 Å². The molecule has 0 atom stereocenters. The Morgan fingerprint density at radius 2 is 2.07 bits per heavy atom. The number of aromatic nitrogens is 2. The summed E-state index contributed by atoms with van der Waals surface area (Å²) in [5.41, 5.74) is -0.709. The molecule has 1 aromatic heterocycles. The van der Waals surface area contributed by atoms with Crippen LogP contribution in [0.1, 0.15) is 12.2 Å². The van der Waals surface area contributed by atoms with Crippen molar-refractivity contribution in [2.24, 2.45) is 0 Å². The molecular weight excluding hydrogens is 281 g/mol. The first-order valence-electron chi connectivity index (χ1n) is 3.84. The van der Waals surface area contributed by atoms with Gasteiger partial charge in [-0.05, 0) is 15.9 Å². The van der Waals surface area contributed by atoms with Gasteiger partial charge in [-0.3, -0.25) is 4.79 Å². The predicted molar refractivity (Wildman–Crippen MR) is 48.6 cm³/mol. The van der Waals surface area contributed by atoms with Gasteiger partial charge in [0.15, 0.2) is 0 Å². The summed E-state index contributed by atoms with van der Waals surface area (Å²) in [4.78, 5) is 16.5. The Morgan fingerprint density at radius 1 is 1.47 bits per heavy atom. The highest BCUT2D eigenvalue weighted by Gasteiger charge is 2.27. The second kappa shape index (κ2) is 4.21. The molecule has 8 heteroatoms. The lowest BCUT2D eigenvalue weighted by atomic mass is 10.3. The van der Waals surface area contributed by atoms with E-state index in [1.54, 1.807) is 0 Å². The number of aromatic amines is 1. The van der Waals surface area contributed by atoms with Crippen molar-refractivity contribution in [2.45, 2.75) is 19.0 Å². The van der Waals surface area contributed by atoms with Crippen LogP contribution in [-0.4, -0.2) is 21.3 Å². The molecule has 0 radical (unpaired) electrons. The van der Waals surface area contributed by atoms with Gasteiger partial charge in [0.25, 0.3) is 5.56 Å². The van der Waals surface area contributed by atoms with Gasteiger partial charge in [-0.1, -0.05) is 0 Å².